The van der Waals surface area contributed by atoms with Crippen molar-refractivity contribution in [3.05, 3.63) is 5.82 Å². The van der Waals surface area contributed by atoms with Crippen molar-refractivity contribution in [3.63, 3.8) is 0 Å². The second-order valence-corrected chi connectivity index (χ2v) is 3.47. The Morgan fingerprint density at radius 3 is 2.08 bits per heavy atom. The lowest BCUT2D eigenvalue weighted by molar-refractivity contribution is 0.901. The Morgan fingerprint density at radius 2 is 1.67 bits per heavy atom. The third-order valence-corrected chi connectivity index (χ3v) is 2.32. The molecule has 1 rings (SSSR count). The van der Waals surface area contributed by atoms with E-state index in [1.54, 1.807) is 11.8 Å². The second kappa shape index (κ2) is 3.57. The first-order valence-corrected chi connectivity index (χ1v) is 4.72. The molecule has 0 aliphatic carbocycles. The van der Waals surface area contributed by atoms with Gasteiger partial charge in [-0.15, -0.1) is 0 Å². The molecular formula is C6H11N5S. The first-order valence-electron chi connectivity index (χ1n) is 3.43. The number of nitrogens with zero attached hydrogens (tertiary/aromatic N) is 3. The van der Waals surface area contributed by atoms with E-state index in [9.17, 15) is 0 Å². The van der Waals surface area contributed by atoms with E-state index in [-0.39, 0.29) is 17.1 Å². The van der Waals surface area contributed by atoms with Crippen LogP contribution in [0.2, 0.25) is 0 Å². The van der Waals surface area contributed by atoms with Gasteiger partial charge in [0, 0.05) is 0 Å². The van der Waals surface area contributed by atoms with Crippen LogP contribution in [0.4, 0.5) is 11.9 Å². The number of nitrogen functional groups attached to an aromatic ring is 2. The van der Waals surface area contributed by atoms with Gasteiger partial charge in [0.15, 0.2) is 0 Å². The Hall–Kier alpha value is -1.04. The van der Waals surface area contributed by atoms with Gasteiger partial charge in [-0.25, -0.2) is 0 Å². The van der Waals surface area contributed by atoms with Crippen LogP contribution in [0.15, 0.2) is 0 Å². The second-order valence-electron chi connectivity index (χ2n) is 2.29. The zero-order chi connectivity index (χ0) is 9.14. The van der Waals surface area contributed by atoms with E-state index in [1.165, 1.54) is 0 Å². The summed E-state index contributed by atoms with van der Waals surface area (Å²) in [5.41, 5.74) is 10.8. The van der Waals surface area contributed by atoms with Crippen molar-refractivity contribution >= 4 is 23.7 Å². The van der Waals surface area contributed by atoms with Gasteiger partial charge < -0.3 is 11.5 Å². The van der Waals surface area contributed by atoms with Crippen LogP contribution >= 0.6 is 11.8 Å². The van der Waals surface area contributed by atoms with E-state index in [1.807, 2.05) is 13.2 Å². The third-order valence-electron chi connectivity index (χ3n) is 1.40. The predicted molar refractivity (Wildman–Crippen MR) is 50.6 cm³/mol. The summed E-state index contributed by atoms with van der Waals surface area (Å²) < 4.78 is 0. The Morgan fingerprint density at radius 1 is 1.17 bits per heavy atom. The van der Waals surface area contributed by atoms with Crippen LogP contribution < -0.4 is 11.5 Å². The molecule has 0 aliphatic heterocycles. The summed E-state index contributed by atoms with van der Waals surface area (Å²) in [5, 5.41) is 0.192. The number of thioether (sulfide) groups is 1. The quantitative estimate of drug-likeness (QED) is 0.695. The van der Waals surface area contributed by atoms with E-state index in [2.05, 4.69) is 15.0 Å². The average molecular weight is 185 g/mol. The summed E-state index contributed by atoms with van der Waals surface area (Å²) in [5.74, 6) is 0.990. The summed E-state index contributed by atoms with van der Waals surface area (Å²) >= 11 is 1.63. The van der Waals surface area contributed by atoms with Crippen LogP contribution in [-0.2, 0) is 0 Å². The Labute approximate surface area is 75.0 Å². The van der Waals surface area contributed by atoms with Gasteiger partial charge in [-0.2, -0.15) is 26.7 Å². The van der Waals surface area contributed by atoms with Crippen LogP contribution in [0.3, 0.4) is 0 Å². The minimum absolute atomic E-state index is 0.179. The van der Waals surface area contributed by atoms with E-state index >= 15 is 0 Å². The smallest absolute Gasteiger partial charge is 0.225 e. The maximum atomic E-state index is 5.40. The first-order chi connectivity index (χ1) is 5.63. The lowest BCUT2D eigenvalue weighted by Crippen LogP contribution is -2.07. The molecule has 0 radical (unpaired) electrons. The van der Waals surface area contributed by atoms with E-state index < -0.39 is 0 Å². The summed E-state index contributed by atoms with van der Waals surface area (Å²) in [7, 11) is 0. The molecule has 4 N–H and O–H groups in total. The Balaban J connectivity index is 3.00. The van der Waals surface area contributed by atoms with Gasteiger partial charge in [-0.1, -0.05) is 0 Å². The maximum Gasteiger partial charge on any atom is 0.225 e. The van der Waals surface area contributed by atoms with Crippen molar-refractivity contribution in [2.24, 2.45) is 0 Å². The molecule has 0 amide bonds. The van der Waals surface area contributed by atoms with Gasteiger partial charge in [0.2, 0.25) is 11.9 Å². The maximum absolute atomic E-state index is 5.40. The average Bonchev–Trinajstić information content (AvgIpc) is 2.01. The van der Waals surface area contributed by atoms with E-state index in [0.717, 1.165) is 0 Å². The molecular weight excluding hydrogens is 174 g/mol. The van der Waals surface area contributed by atoms with Crippen molar-refractivity contribution in [2.75, 3.05) is 17.7 Å². The molecule has 0 saturated carbocycles. The number of anilines is 2. The van der Waals surface area contributed by atoms with Crippen LogP contribution in [0, 0.1) is 0 Å². The molecule has 0 fully saturated rings. The molecule has 0 aliphatic rings. The van der Waals surface area contributed by atoms with Crippen molar-refractivity contribution in [1.82, 2.24) is 15.0 Å². The molecule has 0 bridgehead atoms. The molecule has 12 heavy (non-hydrogen) atoms. The number of nitrogens with two attached hydrogens (primary N) is 2. The van der Waals surface area contributed by atoms with Gasteiger partial charge in [0.25, 0.3) is 0 Å². The predicted octanol–water partition coefficient (Wildman–Crippen LogP) is 0.460. The van der Waals surface area contributed by atoms with E-state index in [0.29, 0.717) is 5.82 Å². The lowest BCUT2D eigenvalue weighted by atomic mass is 10.4. The minimum Gasteiger partial charge on any atom is -0.368 e. The zero-order valence-electron chi connectivity index (χ0n) is 6.98. The molecule has 66 valence electrons. The standard InChI is InChI=1S/C6H11N5S/c1-3(12-2)4-9-5(7)11-6(8)10-4/h3H,1-2H3,(H4,7,8,9,10,11). The highest BCUT2D eigenvalue weighted by atomic mass is 32.2. The molecule has 1 heterocycles. The normalized spacial score (nSPS) is 12.8. The monoisotopic (exact) mass is 185 g/mol. The van der Waals surface area contributed by atoms with Crippen LogP contribution in [0.5, 0.6) is 0 Å². The highest BCUT2D eigenvalue weighted by molar-refractivity contribution is 7.98. The molecule has 1 atom stereocenters. The van der Waals surface area contributed by atoms with Crippen LogP contribution in [-0.4, -0.2) is 21.2 Å². The third kappa shape index (κ3) is 1.97. The lowest BCUT2D eigenvalue weighted by Gasteiger charge is -2.06. The van der Waals surface area contributed by atoms with E-state index in [4.69, 9.17) is 11.5 Å². The van der Waals surface area contributed by atoms with Gasteiger partial charge in [0.05, 0.1) is 5.25 Å². The van der Waals surface area contributed by atoms with Crippen molar-refractivity contribution in [2.45, 2.75) is 12.2 Å². The van der Waals surface area contributed by atoms with Crippen LogP contribution in [0.25, 0.3) is 0 Å². The Kier molecular flexibility index (Phi) is 2.69. The summed E-state index contributed by atoms with van der Waals surface area (Å²) in [4.78, 5) is 11.6. The van der Waals surface area contributed by atoms with Crippen molar-refractivity contribution < 1.29 is 0 Å². The zero-order valence-corrected chi connectivity index (χ0v) is 7.80. The first kappa shape index (κ1) is 9.05. The molecule has 6 heteroatoms. The molecule has 1 unspecified atom stereocenters. The largest absolute Gasteiger partial charge is 0.368 e. The van der Waals surface area contributed by atoms with Gasteiger partial charge in [-0.3, -0.25) is 0 Å². The SMILES string of the molecule is CSC(C)c1nc(N)nc(N)n1. The summed E-state index contributed by atoms with van der Waals surface area (Å²) in [6.45, 7) is 1.98. The fourth-order valence-electron chi connectivity index (χ4n) is 0.714. The number of hydrogen-bond donors (Lipinski definition) is 2. The van der Waals surface area contributed by atoms with Crippen LogP contribution in [0.1, 0.15) is 18.0 Å². The Bertz CT molecular complexity index is 256. The molecule has 1 aromatic heterocycles. The van der Waals surface area contributed by atoms with Gasteiger partial charge >= 0.3 is 0 Å². The van der Waals surface area contributed by atoms with Crippen molar-refractivity contribution in [1.29, 1.82) is 0 Å². The van der Waals surface area contributed by atoms with Gasteiger partial charge in [0.1, 0.15) is 5.82 Å². The topological polar surface area (TPSA) is 90.7 Å². The van der Waals surface area contributed by atoms with Gasteiger partial charge in [-0.05, 0) is 13.2 Å². The summed E-state index contributed by atoms with van der Waals surface area (Å²) in [6, 6.07) is 0. The summed E-state index contributed by atoms with van der Waals surface area (Å²) in [6.07, 6.45) is 1.97. The molecule has 5 nitrogen and oxygen atoms in total. The highest BCUT2D eigenvalue weighted by Gasteiger charge is 2.08. The van der Waals surface area contributed by atoms with Crippen molar-refractivity contribution in [3.8, 4) is 0 Å². The molecule has 1 aromatic rings. The number of rotatable bonds is 2. The molecule has 0 aromatic carbocycles. The highest BCUT2D eigenvalue weighted by Crippen LogP contribution is 2.22. The fraction of sp³-hybridized carbons (Fsp3) is 0.500. The number of hydrogen-bond acceptors (Lipinski definition) is 6. The number of aromatic nitrogens is 3. The molecule has 0 spiro atoms. The minimum atomic E-state index is 0.179. The molecule has 0 saturated heterocycles. The fourth-order valence-corrected chi connectivity index (χ4v) is 1.03.